The van der Waals surface area contributed by atoms with Crippen LogP contribution in [0.15, 0.2) is 24.3 Å². The highest BCUT2D eigenvalue weighted by Crippen LogP contribution is 2.14. The number of rotatable bonds is 6. The molecule has 0 aliphatic carbocycles. The Morgan fingerprint density at radius 3 is 2.26 bits per heavy atom. The average Bonchev–Trinajstić information content (AvgIpc) is 2.27. The topological polar surface area (TPSA) is 122 Å². The highest BCUT2D eigenvalue weighted by Gasteiger charge is 2.17. The summed E-state index contributed by atoms with van der Waals surface area (Å²) in [6.07, 6.45) is -1.47. The Balaban J connectivity index is 2.74. The molecular formula is C10H10N2O7. The summed E-state index contributed by atoms with van der Waals surface area (Å²) < 4.78 is 4.61. The lowest BCUT2D eigenvalue weighted by Gasteiger charge is -2.14. The minimum absolute atomic E-state index is 0.0848. The maximum Gasteiger partial charge on any atom is 0.304 e. The highest BCUT2D eigenvalue weighted by molar-refractivity contribution is 5.66. The van der Waals surface area contributed by atoms with Crippen LogP contribution < -0.4 is 0 Å². The van der Waals surface area contributed by atoms with E-state index in [1.54, 1.807) is 0 Å². The molecule has 19 heavy (non-hydrogen) atoms. The van der Waals surface area contributed by atoms with Gasteiger partial charge in [0.25, 0.3) is 17.1 Å². The highest BCUT2D eigenvalue weighted by atomic mass is 17.0. The number of nitrogens with zero attached hydrogens (tertiary/aromatic N) is 2. The number of nitro groups is 1. The summed E-state index contributed by atoms with van der Waals surface area (Å²) in [6.45, 7) is 1.09. The predicted molar refractivity (Wildman–Crippen MR) is 60.4 cm³/mol. The van der Waals surface area contributed by atoms with Crippen molar-refractivity contribution in [1.29, 1.82) is 0 Å². The van der Waals surface area contributed by atoms with Crippen molar-refractivity contribution in [2.75, 3.05) is 0 Å². The lowest BCUT2D eigenvalue weighted by molar-refractivity contribution is -0.778. The van der Waals surface area contributed by atoms with Crippen LogP contribution in [0.4, 0.5) is 5.69 Å². The van der Waals surface area contributed by atoms with Crippen LogP contribution in [0.3, 0.4) is 0 Å². The Bertz CT molecular complexity index is 469. The third-order valence-electron chi connectivity index (χ3n) is 2.05. The van der Waals surface area contributed by atoms with E-state index in [0.717, 1.165) is 6.92 Å². The quantitative estimate of drug-likeness (QED) is 0.329. The van der Waals surface area contributed by atoms with Crippen LogP contribution in [0.1, 0.15) is 12.5 Å². The van der Waals surface area contributed by atoms with Crippen molar-refractivity contribution in [3.63, 3.8) is 0 Å². The lowest BCUT2D eigenvalue weighted by atomic mass is 10.1. The van der Waals surface area contributed by atoms with Gasteiger partial charge in [-0.3, -0.25) is 19.7 Å². The molecule has 1 aromatic rings. The molecule has 9 nitrogen and oxygen atoms in total. The van der Waals surface area contributed by atoms with Crippen LogP contribution >= 0.6 is 0 Å². The SMILES string of the molecule is CC(=O)OC(Cc1ccc([N+](=O)[O-])cc1)O[N+](=O)[O-]. The molecule has 9 heteroatoms. The van der Waals surface area contributed by atoms with Gasteiger partial charge in [0.15, 0.2) is 0 Å². The lowest BCUT2D eigenvalue weighted by Crippen LogP contribution is -2.25. The summed E-state index contributed by atoms with van der Waals surface area (Å²) in [7, 11) is 0. The first-order valence-corrected chi connectivity index (χ1v) is 5.10. The number of hydrogen-bond donors (Lipinski definition) is 0. The van der Waals surface area contributed by atoms with E-state index in [1.165, 1.54) is 24.3 Å². The fraction of sp³-hybridized carbons (Fsp3) is 0.300. The molecule has 1 aromatic carbocycles. The fourth-order valence-corrected chi connectivity index (χ4v) is 1.33. The van der Waals surface area contributed by atoms with Gasteiger partial charge in [0, 0.05) is 25.5 Å². The van der Waals surface area contributed by atoms with Gasteiger partial charge in [-0.2, -0.15) is 0 Å². The molecule has 0 bridgehead atoms. The Labute approximate surface area is 107 Å². The van der Waals surface area contributed by atoms with Gasteiger partial charge >= 0.3 is 5.97 Å². The van der Waals surface area contributed by atoms with Gasteiger partial charge < -0.3 is 4.74 Å². The zero-order chi connectivity index (χ0) is 14.4. The first kappa shape index (κ1) is 14.4. The molecule has 0 N–H and O–H groups in total. The number of nitro benzene ring substituents is 1. The molecule has 102 valence electrons. The second-order valence-corrected chi connectivity index (χ2v) is 3.50. The first-order valence-electron chi connectivity index (χ1n) is 5.10. The number of hydrogen-bond acceptors (Lipinski definition) is 7. The minimum Gasteiger partial charge on any atom is -0.435 e. The molecule has 0 aliphatic heterocycles. The van der Waals surface area contributed by atoms with Crippen LogP contribution in [-0.2, 0) is 20.8 Å². The molecular weight excluding hydrogens is 260 g/mol. The largest absolute Gasteiger partial charge is 0.435 e. The maximum absolute atomic E-state index is 10.8. The van der Waals surface area contributed by atoms with Crippen molar-refractivity contribution in [3.05, 3.63) is 50.1 Å². The van der Waals surface area contributed by atoms with Crippen molar-refractivity contribution >= 4 is 11.7 Å². The first-order chi connectivity index (χ1) is 8.88. The van der Waals surface area contributed by atoms with Gasteiger partial charge in [-0.05, 0) is 5.56 Å². The minimum atomic E-state index is -1.38. The molecule has 0 saturated carbocycles. The van der Waals surface area contributed by atoms with Crippen LogP contribution in [0.25, 0.3) is 0 Å². The third-order valence-corrected chi connectivity index (χ3v) is 2.05. The molecule has 0 radical (unpaired) electrons. The molecule has 0 aromatic heterocycles. The maximum atomic E-state index is 10.8. The average molecular weight is 270 g/mol. The zero-order valence-corrected chi connectivity index (χ0v) is 9.85. The smallest absolute Gasteiger partial charge is 0.304 e. The molecule has 0 aliphatic rings. The summed E-state index contributed by atoms with van der Waals surface area (Å²) in [5.41, 5.74) is 0.390. The van der Waals surface area contributed by atoms with E-state index < -0.39 is 22.3 Å². The Hall–Kier alpha value is -2.71. The van der Waals surface area contributed by atoms with Crippen LogP contribution in [0.5, 0.6) is 0 Å². The molecule has 0 amide bonds. The Morgan fingerprint density at radius 2 is 1.84 bits per heavy atom. The number of benzene rings is 1. The molecule has 1 atom stereocenters. The van der Waals surface area contributed by atoms with Gasteiger partial charge in [-0.25, -0.2) is 0 Å². The zero-order valence-electron chi connectivity index (χ0n) is 9.85. The van der Waals surface area contributed by atoms with Crippen molar-refractivity contribution in [1.82, 2.24) is 0 Å². The van der Waals surface area contributed by atoms with E-state index in [0.29, 0.717) is 5.56 Å². The number of esters is 1. The molecule has 1 rings (SSSR count). The van der Waals surface area contributed by atoms with Gasteiger partial charge in [0.05, 0.1) is 4.92 Å². The normalized spacial score (nSPS) is 11.4. The van der Waals surface area contributed by atoms with Crippen molar-refractivity contribution in [3.8, 4) is 0 Å². The monoisotopic (exact) mass is 270 g/mol. The summed E-state index contributed by atoms with van der Waals surface area (Å²) in [6, 6.07) is 5.29. The molecule has 0 saturated heterocycles. The van der Waals surface area contributed by atoms with E-state index >= 15 is 0 Å². The molecule has 0 heterocycles. The standard InChI is InChI=1S/C10H10N2O7/c1-7(13)18-10(19-12(16)17)6-8-2-4-9(5-3-8)11(14)15/h2-5,10H,6H2,1H3. The van der Waals surface area contributed by atoms with Crippen molar-refractivity contribution < 1.29 is 24.4 Å². The summed E-state index contributed by atoms with van der Waals surface area (Å²) in [4.78, 5) is 35.0. The van der Waals surface area contributed by atoms with E-state index in [2.05, 4.69) is 9.57 Å². The number of carbonyl (C=O) groups is 1. The second kappa shape index (κ2) is 6.28. The summed E-state index contributed by atoms with van der Waals surface area (Å²) >= 11 is 0. The van der Waals surface area contributed by atoms with Crippen LogP contribution in [0, 0.1) is 20.2 Å². The molecule has 0 spiro atoms. The van der Waals surface area contributed by atoms with E-state index in [-0.39, 0.29) is 12.1 Å². The molecule has 0 fully saturated rings. The molecule has 1 unspecified atom stereocenters. The van der Waals surface area contributed by atoms with E-state index in [1.807, 2.05) is 0 Å². The second-order valence-electron chi connectivity index (χ2n) is 3.50. The van der Waals surface area contributed by atoms with Gasteiger partial charge in [-0.1, -0.05) is 12.1 Å². The van der Waals surface area contributed by atoms with Crippen LogP contribution in [-0.4, -0.2) is 22.3 Å². The van der Waals surface area contributed by atoms with Gasteiger partial charge in [0.1, 0.15) is 0 Å². The summed E-state index contributed by atoms with van der Waals surface area (Å²) in [5, 5.41) is 19.6. The Morgan fingerprint density at radius 1 is 1.26 bits per heavy atom. The van der Waals surface area contributed by atoms with E-state index in [4.69, 9.17) is 0 Å². The number of carbonyl (C=O) groups excluding carboxylic acids is 1. The predicted octanol–water partition coefficient (Wildman–Crippen LogP) is 1.23. The van der Waals surface area contributed by atoms with Crippen molar-refractivity contribution in [2.45, 2.75) is 19.6 Å². The van der Waals surface area contributed by atoms with Crippen LogP contribution in [0.2, 0.25) is 0 Å². The fourth-order valence-electron chi connectivity index (χ4n) is 1.33. The van der Waals surface area contributed by atoms with Gasteiger partial charge in [-0.15, -0.1) is 10.1 Å². The van der Waals surface area contributed by atoms with Crippen molar-refractivity contribution in [2.24, 2.45) is 0 Å². The third kappa shape index (κ3) is 4.98. The van der Waals surface area contributed by atoms with E-state index in [9.17, 15) is 25.0 Å². The number of non-ortho nitro benzene ring substituents is 1. The Kier molecular flexibility index (Phi) is 4.75. The summed E-state index contributed by atoms with van der Waals surface area (Å²) in [5.74, 6) is -0.728. The van der Waals surface area contributed by atoms with Gasteiger partial charge in [0.2, 0.25) is 0 Å². The number of ether oxygens (including phenoxy) is 1.